The maximum atomic E-state index is 6.00. The molecule has 3 heteroatoms. The van der Waals surface area contributed by atoms with Crippen LogP contribution in [-0.2, 0) is 6.54 Å². The van der Waals surface area contributed by atoms with Crippen molar-refractivity contribution in [3.8, 4) is 0 Å². The van der Waals surface area contributed by atoms with Gasteiger partial charge in [-0.05, 0) is 37.9 Å². The van der Waals surface area contributed by atoms with E-state index in [1.54, 1.807) is 0 Å². The molecule has 2 aromatic rings. The molecular formula is C18H26N2O. The van der Waals surface area contributed by atoms with Crippen LogP contribution in [0.4, 0.5) is 0 Å². The highest BCUT2D eigenvalue weighted by Crippen LogP contribution is 2.30. The monoisotopic (exact) mass is 286 g/mol. The highest BCUT2D eigenvalue weighted by Gasteiger charge is 2.28. The molecular weight excluding hydrogens is 260 g/mol. The van der Waals surface area contributed by atoms with Crippen molar-refractivity contribution in [2.24, 2.45) is 11.7 Å². The second-order valence-electron chi connectivity index (χ2n) is 6.17. The van der Waals surface area contributed by atoms with Crippen LogP contribution in [0.1, 0.15) is 38.2 Å². The highest BCUT2D eigenvalue weighted by molar-refractivity contribution is 5.80. The number of benzene rings is 1. The first-order valence-corrected chi connectivity index (χ1v) is 8.22. The number of para-hydroxylation sites is 1. The summed E-state index contributed by atoms with van der Waals surface area (Å²) in [5.41, 5.74) is 8.29. The molecule has 2 atom stereocenters. The van der Waals surface area contributed by atoms with E-state index in [1.165, 1.54) is 36.6 Å². The average molecular weight is 286 g/mol. The predicted octanol–water partition coefficient (Wildman–Crippen LogP) is 3.77. The van der Waals surface area contributed by atoms with Crippen LogP contribution in [0.2, 0.25) is 0 Å². The SMILES string of the molecule is CCN(Cc1coc2ccccc12)C1CCCCC1CN. The Labute approximate surface area is 127 Å². The van der Waals surface area contributed by atoms with Gasteiger partial charge in [-0.25, -0.2) is 0 Å². The minimum Gasteiger partial charge on any atom is -0.464 e. The van der Waals surface area contributed by atoms with Gasteiger partial charge in [0.15, 0.2) is 0 Å². The van der Waals surface area contributed by atoms with Gasteiger partial charge in [0.1, 0.15) is 5.58 Å². The van der Waals surface area contributed by atoms with Crippen molar-refractivity contribution in [1.29, 1.82) is 0 Å². The lowest BCUT2D eigenvalue weighted by atomic mass is 9.83. The van der Waals surface area contributed by atoms with Crippen LogP contribution in [0.3, 0.4) is 0 Å². The molecule has 1 aromatic heterocycles. The van der Waals surface area contributed by atoms with Gasteiger partial charge in [0.2, 0.25) is 0 Å². The van der Waals surface area contributed by atoms with Crippen molar-refractivity contribution in [2.75, 3.05) is 13.1 Å². The van der Waals surface area contributed by atoms with E-state index < -0.39 is 0 Å². The summed E-state index contributed by atoms with van der Waals surface area (Å²) in [6, 6.07) is 8.93. The summed E-state index contributed by atoms with van der Waals surface area (Å²) in [7, 11) is 0. The maximum Gasteiger partial charge on any atom is 0.134 e. The molecule has 1 fully saturated rings. The Bertz CT molecular complexity index is 577. The molecule has 114 valence electrons. The minimum atomic E-state index is 0.627. The van der Waals surface area contributed by atoms with Crippen molar-refractivity contribution in [1.82, 2.24) is 4.90 Å². The van der Waals surface area contributed by atoms with Gasteiger partial charge in [0, 0.05) is 23.5 Å². The fraction of sp³-hybridized carbons (Fsp3) is 0.556. The van der Waals surface area contributed by atoms with Crippen LogP contribution in [-0.4, -0.2) is 24.0 Å². The Morgan fingerprint density at radius 2 is 2.05 bits per heavy atom. The van der Waals surface area contributed by atoms with Gasteiger partial charge in [0.05, 0.1) is 6.26 Å². The molecule has 21 heavy (non-hydrogen) atoms. The van der Waals surface area contributed by atoms with Crippen LogP contribution in [0, 0.1) is 5.92 Å². The molecule has 2 unspecified atom stereocenters. The Kier molecular flexibility index (Phi) is 4.61. The molecule has 0 bridgehead atoms. The zero-order valence-electron chi connectivity index (χ0n) is 12.9. The number of nitrogens with zero attached hydrogens (tertiary/aromatic N) is 1. The van der Waals surface area contributed by atoms with Gasteiger partial charge in [-0.2, -0.15) is 0 Å². The summed E-state index contributed by atoms with van der Waals surface area (Å²) in [5.74, 6) is 0.650. The van der Waals surface area contributed by atoms with E-state index in [0.717, 1.165) is 25.2 Å². The molecule has 1 aliphatic carbocycles. The Balaban J connectivity index is 1.80. The van der Waals surface area contributed by atoms with Crippen molar-refractivity contribution < 1.29 is 4.42 Å². The zero-order chi connectivity index (χ0) is 14.7. The van der Waals surface area contributed by atoms with E-state index in [2.05, 4.69) is 24.0 Å². The third-order valence-electron chi connectivity index (χ3n) is 4.98. The van der Waals surface area contributed by atoms with E-state index in [4.69, 9.17) is 10.2 Å². The summed E-state index contributed by atoms with van der Waals surface area (Å²) in [6.07, 6.45) is 7.16. The average Bonchev–Trinajstić information content (AvgIpc) is 2.95. The fourth-order valence-electron chi connectivity index (χ4n) is 3.78. The van der Waals surface area contributed by atoms with Gasteiger partial charge in [-0.1, -0.05) is 38.0 Å². The largest absolute Gasteiger partial charge is 0.464 e. The smallest absolute Gasteiger partial charge is 0.134 e. The molecule has 0 amide bonds. The molecule has 2 N–H and O–H groups in total. The molecule has 1 saturated carbocycles. The predicted molar refractivity (Wildman–Crippen MR) is 87.1 cm³/mol. The molecule has 1 aromatic carbocycles. The highest BCUT2D eigenvalue weighted by atomic mass is 16.3. The lowest BCUT2D eigenvalue weighted by Gasteiger charge is -2.39. The van der Waals surface area contributed by atoms with Crippen molar-refractivity contribution >= 4 is 11.0 Å². The van der Waals surface area contributed by atoms with Crippen molar-refractivity contribution in [3.05, 3.63) is 36.1 Å². The van der Waals surface area contributed by atoms with Crippen LogP contribution in [0.15, 0.2) is 34.9 Å². The first-order valence-electron chi connectivity index (χ1n) is 8.22. The second kappa shape index (κ2) is 6.63. The first kappa shape index (κ1) is 14.6. The Morgan fingerprint density at radius 1 is 1.24 bits per heavy atom. The maximum absolute atomic E-state index is 6.00. The Morgan fingerprint density at radius 3 is 2.86 bits per heavy atom. The van der Waals surface area contributed by atoms with Crippen LogP contribution >= 0.6 is 0 Å². The van der Waals surface area contributed by atoms with Gasteiger partial charge in [-0.3, -0.25) is 4.90 Å². The third-order valence-corrected chi connectivity index (χ3v) is 4.98. The number of nitrogens with two attached hydrogens (primary N) is 1. The van der Waals surface area contributed by atoms with Crippen molar-refractivity contribution in [3.63, 3.8) is 0 Å². The number of rotatable bonds is 5. The molecule has 0 aliphatic heterocycles. The van der Waals surface area contributed by atoms with Crippen LogP contribution in [0.25, 0.3) is 11.0 Å². The van der Waals surface area contributed by atoms with E-state index >= 15 is 0 Å². The van der Waals surface area contributed by atoms with Crippen LogP contribution in [0.5, 0.6) is 0 Å². The molecule has 1 heterocycles. The number of furan rings is 1. The minimum absolute atomic E-state index is 0.627. The molecule has 3 nitrogen and oxygen atoms in total. The van der Waals surface area contributed by atoms with Crippen molar-refractivity contribution in [2.45, 2.75) is 45.2 Å². The molecule has 1 aliphatic rings. The second-order valence-corrected chi connectivity index (χ2v) is 6.17. The summed E-state index contributed by atoms with van der Waals surface area (Å²) in [4.78, 5) is 2.59. The topological polar surface area (TPSA) is 42.4 Å². The summed E-state index contributed by atoms with van der Waals surface area (Å²) in [6.45, 7) is 5.10. The lowest BCUT2D eigenvalue weighted by Crippen LogP contribution is -2.44. The molecule has 3 rings (SSSR count). The molecule has 0 spiro atoms. The van der Waals surface area contributed by atoms with E-state index in [1.807, 2.05) is 18.4 Å². The molecule has 0 saturated heterocycles. The summed E-state index contributed by atoms with van der Waals surface area (Å²) in [5, 5.41) is 1.25. The van der Waals surface area contributed by atoms with E-state index in [-0.39, 0.29) is 0 Å². The first-order chi connectivity index (χ1) is 10.3. The number of hydrogen-bond donors (Lipinski definition) is 1. The van der Waals surface area contributed by atoms with E-state index in [9.17, 15) is 0 Å². The quantitative estimate of drug-likeness (QED) is 0.909. The number of hydrogen-bond acceptors (Lipinski definition) is 3. The normalized spacial score (nSPS) is 23.0. The molecule has 0 radical (unpaired) electrons. The number of fused-ring (bicyclic) bond motifs is 1. The standard InChI is InChI=1S/C18H26N2O/c1-2-20(17-9-5-3-7-14(17)11-19)12-15-13-21-18-10-6-4-8-16(15)18/h4,6,8,10,13-14,17H,2-3,5,7,9,11-12,19H2,1H3. The van der Waals surface area contributed by atoms with Gasteiger partial charge >= 0.3 is 0 Å². The van der Waals surface area contributed by atoms with Gasteiger partial charge in [-0.15, -0.1) is 0 Å². The van der Waals surface area contributed by atoms with Gasteiger partial charge < -0.3 is 10.2 Å². The summed E-state index contributed by atoms with van der Waals surface area (Å²) >= 11 is 0. The van der Waals surface area contributed by atoms with E-state index in [0.29, 0.717) is 12.0 Å². The fourth-order valence-corrected chi connectivity index (χ4v) is 3.78. The third kappa shape index (κ3) is 2.99. The van der Waals surface area contributed by atoms with Crippen LogP contribution < -0.4 is 5.73 Å². The zero-order valence-corrected chi connectivity index (χ0v) is 12.9. The van der Waals surface area contributed by atoms with Gasteiger partial charge in [0.25, 0.3) is 0 Å². The Hall–Kier alpha value is -1.32. The summed E-state index contributed by atoms with van der Waals surface area (Å²) < 4.78 is 5.68. The lowest BCUT2D eigenvalue weighted by molar-refractivity contribution is 0.106.